The second-order valence-corrected chi connectivity index (χ2v) is 7.72. The van der Waals surface area contributed by atoms with E-state index in [1.165, 1.54) is 6.08 Å². The summed E-state index contributed by atoms with van der Waals surface area (Å²) in [7, 11) is 0. The first-order valence-electron chi connectivity index (χ1n) is 9.63. The zero-order chi connectivity index (χ0) is 22.5. The lowest BCUT2D eigenvalue weighted by atomic mass is 10.1. The number of amides is 1. The van der Waals surface area contributed by atoms with Gasteiger partial charge in [0.15, 0.2) is 0 Å². The number of halogens is 2. The number of nitriles is 1. The van der Waals surface area contributed by atoms with Crippen molar-refractivity contribution >= 4 is 40.9 Å². The van der Waals surface area contributed by atoms with Crippen molar-refractivity contribution in [2.45, 2.75) is 0 Å². The van der Waals surface area contributed by atoms with Crippen molar-refractivity contribution in [3.8, 4) is 23.0 Å². The van der Waals surface area contributed by atoms with Crippen LogP contribution in [0.2, 0.25) is 10.0 Å². The lowest BCUT2D eigenvalue weighted by molar-refractivity contribution is -0.112. The molecule has 0 aliphatic rings. The number of nitrogens with zero attached hydrogens (tertiary/aromatic N) is 3. The van der Waals surface area contributed by atoms with Crippen molar-refractivity contribution in [1.82, 2.24) is 9.78 Å². The Morgan fingerprint density at radius 2 is 1.56 bits per heavy atom. The summed E-state index contributed by atoms with van der Waals surface area (Å²) in [6, 6.07) is 25.5. The topological polar surface area (TPSA) is 70.7 Å². The highest BCUT2D eigenvalue weighted by molar-refractivity contribution is 6.31. The van der Waals surface area contributed by atoms with Crippen LogP contribution < -0.4 is 5.32 Å². The Morgan fingerprint density at radius 3 is 2.19 bits per heavy atom. The molecule has 1 amide bonds. The summed E-state index contributed by atoms with van der Waals surface area (Å²) in [6.45, 7) is 0. The van der Waals surface area contributed by atoms with Crippen LogP contribution >= 0.6 is 23.2 Å². The molecule has 156 valence electrons. The van der Waals surface area contributed by atoms with Gasteiger partial charge in [-0.05, 0) is 54.6 Å². The molecule has 0 bridgehead atoms. The first-order valence-corrected chi connectivity index (χ1v) is 10.4. The third-order valence-corrected chi connectivity index (χ3v) is 5.15. The van der Waals surface area contributed by atoms with E-state index in [1.54, 1.807) is 47.3 Å². The SMILES string of the molecule is N#C/C(=C\c1cn(-c2ccccc2)nc1-c1ccc(Cl)cc1)C(=O)Nc1ccc(Cl)cc1. The van der Waals surface area contributed by atoms with Gasteiger partial charge in [0.25, 0.3) is 5.91 Å². The molecule has 4 aromatic rings. The van der Waals surface area contributed by atoms with Crippen LogP contribution in [-0.4, -0.2) is 15.7 Å². The molecule has 0 saturated carbocycles. The highest BCUT2D eigenvalue weighted by atomic mass is 35.5. The zero-order valence-corrected chi connectivity index (χ0v) is 18.2. The summed E-state index contributed by atoms with van der Waals surface area (Å²) >= 11 is 11.9. The molecule has 0 saturated heterocycles. The molecule has 4 rings (SSSR count). The predicted octanol–water partition coefficient (Wildman–Crippen LogP) is 6.39. The Labute approximate surface area is 195 Å². The number of anilines is 1. The monoisotopic (exact) mass is 458 g/mol. The van der Waals surface area contributed by atoms with E-state index in [-0.39, 0.29) is 5.57 Å². The average Bonchev–Trinajstić information content (AvgIpc) is 3.24. The van der Waals surface area contributed by atoms with Crippen molar-refractivity contribution in [3.63, 3.8) is 0 Å². The smallest absolute Gasteiger partial charge is 0.266 e. The van der Waals surface area contributed by atoms with Crippen LogP contribution in [0.4, 0.5) is 5.69 Å². The molecule has 0 fully saturated rings. The molecule has 0 radical (unpaired) electrons. The Kier molecular flexibility index (Phi) is 6.37. The van der Waals surface area contributed by atoms with E-state index in [9.17, 15) is 10.1 Å². The Balaban J connectivity index is 1.74. The van der Waals surface area contributed by atoms with E-state index in [0.717, 1.165) is 11.3 Å². The number of para-hydroxylation sites is 1. The van der Waals surface area contributed by atoms with Crippen LogP contribution in [0.3, 0.4) is 0 Å². The van der Waals surface area contributed by atoms with E-state index in [4.69, 9.17) is 28.3 Å². The standard InChI is InChI=1S/C25H16Cl2N4O/c26-20-8-6-17(7-9-20)24-19(16-31(30-24)23-4-2-1-3-5-23)14-18(15-28)25(32)29-22-12-10-21(27)11-13-22/h1-14,16H,(H,29,32)/b18-14+. The number of aromatic nitrogens is 2. The van der Waals surface area contributed by atoms with Crippen LogP contribution in [0.1, 0.15) is 5.56 Å². The van der Waals surface area contributed by atoms with E-state index >= 15 is 0 Å². The second-order valence-electron chi connectivity index (χ2n) is 6.85. The molecule has 3 aromatic carbocycles. The average molecular weight is 459 g/mol. The molecule has 32 heavy (non-hydrogen) atoms. The van der Waals surface area contributed by atoms with Crippen LogP contribution in [0.25, 0.3) is 23.0 Å². The molecule has 0 spiro atoms. The molecule has 5 nitrogen and oxygen atoms in total. The summed E-state index contributed by atoms with van der Waals surface area (Å²) in [5.41, 5.74) is 3.40. The summed E-state index contributed by atoms with van der Waals surface area (Å²) in [5.74, 6) is -0.524. The summed E-state index contributed by atoms with van der Waals surface area (Å²) in [4.78, 5) is 12.7. The van der Waals surface area contributed by atoms with Crippen molar-refractivity contribution in [2.24, 2.45) is 0 Å². The minimum atomic E-state index is -0.524. The number of hydrogen-bond acceptors (Lipinski definition) is 3. The summed E-state index contributed by atoms with van der Waals surface area (Å²) in [5, 5.41) is 18.2. The van der Waals surface area contributed by atoms with Gasteiger partial charge in [0.1, 0.15) is 11.6 Å². The molecule has 0 aliphatic heterocycles. The van der Waals surface area contributed by atoms with Crippen molar-refractivity contribution in [1.29, 1.82) is 5.26 Å². The highest BCUT2D eigenvalue weighted by Crippen LogP contribution is 2.27. The number of carbonyl (C=O) groups is 1. The number of rotatable bonds is 5. The summed E-state index contributed by atoms with van der Waals surface area (Å²) in [6.07, 6.45) is 3.31. The maximum Gasteiger partial charge on any atom is 0.266 e. The van der Waals surface area contributed by atoms with Gasteiger partial charge in [0, 0.05) is 33.1 Å². The minimum Gasteiger partial charge on any atom is -0.321 e. The fourth-order valence-corrected chi connectivity index (χ4v) is 3.33. The normalized spacial score (nSPS) is 11.1. The first-order chi connectivity index (χ1) is 15.5. The zero-order valence-electron chi connectivity index (χ0n) is 16.7. The molecule has 0 aliphatic carbocycles. The van der Waals surface area contributed by atoms with E-state index in [2.05, 4.69) is 5.32 Å². The Hall–Kier alpha value is -3.85. The molecule has 0 unspecified atom stereocenters. The molecule has 7 heteroatoms. The first kappa shape index (κ1) is 21.4. The van der Waals surface area contributed by atoms with Crippen LogP contribution in [0.5, 0.6) is 0 Å². The fourth-order valence-electron chi connectivity index (χ4n) is 3.07. The van der Waals surface area contributed by atoms with Gasteiger partial charge in [-0.1, -0.05) is 53.5 Å². The fraction of sp³-hybridized carbons (Fsp3) is 0. The van der Waals surface area contributed by atoms with Crippen molar-refractivity contribution in [2.75, 3.05) is 5.32 Å². The quantitative estimate of drug-likeness (QED) is 0.278. The molecule has 1 aromatic heterocycles. The molecule has 1 N–H and O–H groups in total. The van der Waals surface area contributed by atoms with Gasteiger partial charge >= 0.3 is 0 Å². The van der Waals surface area contributed by atoms with E-state index in [1.807, 2.05) is 48.5 Å². The lowest BCUT2D eigenvalue weighted by Crippen LogP contribution is -2.13. The maximum atomic E-state index is 12.7. The van der Waals surface area contributed by atoms with Gasteiger partial charge < -0.3 is 5.32 Å². The number of benzene rings is 3. The van der Waals surface area contributed by atoms with Gasteiger partial charge in [0.2, 0.25) is 0 Å². The molecular weight excluding hydrogens is 443 g/mol. The van der Waals surface area contributed by atoms with Gasteiger partial charge in [-0.2, -0.15) is 10.4 Å². The van der Waals surface area contributed by atoms with Gasteiger partial charge in [-0.15, -0.1) is 0 Å². The third-order valence-electron chi connectivity index (χ3n) is 4.65. The molecular formula is C25H16Cl2N4O. The number of nitrogens with one attached hydrogen (secondary N) is 1. The van der Waals surface area contributed by atoms with E-state index < -0.39 is 5.91 Å². The molecule has 1 heterocycles. The Morgan fingerprint density at radius 1 is 0.938 bits per heavy atom. The van der Waals surface area contributed by atoms with Crippen LogP contribution in [0.15, 0.2) is 90.6 Å². The number of hydrogen-bond donors (Lipinski definition) is 1. The van der Waals surface area contributed by atoms with Crippen molar-refractivity contribution in [3.05, 3.63) is 106 Å². The largest absolute Gasteiger partial charge is 0.321 e. The van der Waals surface area contributed by atoms with Gasteiger partial charge in [0.05, 0.1) is 11.4 Å². The van der Waals surface area contributed by atoms with Gasteiger partial charge in [-0.25, -0.2) is 4.68 Å². The Bertz CT molecular complexity index is 1320. The highest BCUT2D eigenvalue weighted by Gasteiger charge is 2.15. The summed E-state index contributed by atoms with van der Waals surface area (Å²) < 4.78 is 1.71. The van der Waals surface area contributed by atoms with Crippen LogP contribution in [0, 0.1) is 11.3 Å². The van der Waals surface area contributed by atoms with Crippen LogP contribution in [-0.2, 0) is 4.79 Å². The van der Waals surface area contributed by atoms with E-state index in [0.29, 0.717) is 27.0 Å². The van der Waals surface area contributed by atoms with Gasteiger partial charge in [-0.3, -0.25) is 4.79 Å². The lowest BCUT2D eigenvalue weighted by Gasteiger charge is -2.04. The molecule has 0 atom stereocenters. The third kappa shape index (κ3) is 4.89. The van der Waals surface area contributed by atoms with Crippen molar-refractivity contribution < 1.29 is 4.79 Å². The number of carbonyl (C=O) groups excluding carboxylic acids is 1. The maximum absolute atomic E-state index is 12.7. The predicted molar refractivity (Wildman–Crippen MR) is 128 cm³/mol. The second kappa shape index (κ2) is 9.52. The minimum absolute atomic E-state index is 0.0530.